The van der Waals surface area contributed by atoms with E-state index in [1.54, 1.807) is 10.7 Å². The van der Waals surface area contributed by atoms with E-state index in [1.807, 2.05) is 45.0 Å². The number of H-pyrrole nitrogens is 1. The number of anilines is 1. The Morgan fingerprint density at radius 3 is 2.83 bits per heavy atom. The normalized spacial score (nSPS) is 11.3. The van der Waals surface area contributed by atoms with Gasteiger partial charge < -0.3 is 10.3 Å². The highest BCUT2D eigenvalue weighted by Crippen LogP contribution is 2.21. The molecule has 0 spiro atoms. The number of hydrogen-bond donors (Lipinski definition) is 2. The smallest absolute Gasteiger partial charge is 0.261 e. The molecule has 0 saturated carbocycles. The molecule has 6 nitrogen and oxygen atoms in total. The molecule has 24 heavy (non-hydrogen) atoms. The lowest BCUT2D eigenvalue weighted by Gasteiger charge is -2.05. The molecule has 2 N–H and O–H groups in total. The number of rotatable bonds is 2. The number of carbonyl (C=O) groups excluding carboxylic acids is 1. The van der Waals surface area contributed by atoms with Crippen LogP contribution in [-0.2, 0) is 0 Å². The molecule has 6 heteroatoms. The van der Waals surface area contributed by atoms with E-state index < -0.39 is 0 Å². The van der Waals surface area contributed by atoms with Crippen LogP contribution in [-0.4, -0.2) is 25.5 Å². The van der Waals surface area contributed by atoms with Crippen molar-refractivity contribution < 1.29 is 4.79 Å². The Balaban J connectivity index is 1.70. The van der Waals surface area contributed by atoms with E-state index in [1.165, 1.54) is 0 Å². The summed E-state index contributed by atoms with van der Waals surface area (Å²) in [6, 6.07) is 9.77. The Bertz CT molecular complexity index is 1090. The first-order valence-electron chi connectivity index (χ1n) is 7.74. The average Bonchev–Trinajstić information content (AvgIpc) is 3.09. The lowest BCUT2D eigenvalue weighted by Crippen LogP contribution is -2.12. The molecular formula is C18H17N5O. The lowest BCUT2D eigenvalue weighted by atomic mass is 10.2. The zero-order chi connectivity index (χ0) is 16.8. The SMILES string of the molecule is Cc1cc(C)n2ncc(C(=O)Nc3ccc4[nH]c(C)cc4c3)c2n1. The summed E-state index contributed by atoms with van der Waals surface area (Å²) in [4.78, 5) is 20.4. The molecule has 0 radical (unpaired) electrons. The monoisotopic (exact) mass is 319 g/mol. The van der Waals surface area contributed by atoms with Crippen molar-refractivity contribution in [3.05, 3.63) is 59.2 Å². The summed E-state index contributed by atoms with van der Waals surface area (Å²) in [6.45, 7) is 5.86. The van der Waals surface area contributed by atoms with Crippen molar-refractivity contribution >= 4 is 28.1 Å². The van der Waals surface area contributed by atoms with Crippen LogP contribution in [0.5, 0.6) is 0 Å². The number of amides is 1. The number of benzene rings is 1. The van der Waals surface area contributed by atoms with Crippen LogP contribution in [0.15, 0.2) is 36.5 Å². The quantitative estimate of drug-likeness (QED) is 0.594. The minimum Gasteiger partial charge on any atom is -0.359 e. The zero-order valence-electron chi connectivity index (χ0n) is 13.7. The van der Waals surface area contributed by atoms with Crippen LogP contribution in [0.1, 0.15) is 27.4 Å². The van der Waals surface area contributed by atoms with Crippen LogP contribution >= 0.6 is 0 Å². The zero-order valence-corrected chi connectivity index (χ0v) is 13.7. The van der Waals surface area contributed by atoms with Gasteiger partial charge in [0.2, 0.25) is 0 Å². The van der Waals surface area contributed by atoms with Gasteiger partial charge in [0.25, 0.3) is 5.91 Å². The second-order valence-electron chi connectivity index (χ2n) is 6.04. The van der Waals surface area contributed by atoms with Gasteiger partial charge in [0.05, 0.1) is 6.20 Å². The first-order chi connectivity index (χ1) is 11.5. The summed E-state index contributed by atoms with van der Waals surface area (Å²) < 4.78 is 1.68. The lowest BCUT2D eigenvalue weighted by molar-refractivity contribution is 0.102. The third-order valence-electron chi connectivity index (χ3n) is 4.04. The van der Waals surface area contributed by atoms with Gasteiger partial charge in [-0.15, -0.1) is 0 Å². The molecule has 120 valence electrons. The molecule has 0 aliphatic heterocycles. The minimum atomic E-state index is -0.214. The van der Waals surface area contributed by atoms with E-state index in [0.717, 1.165) is 33.7 Å². The van der Waals surface area contributed by atoms with Crippen molar-refractivity contribution in [3.8, 4) is 0 Å². The molecule has 0 aliphatic rings. The Hall–Kier alpha value is -3.15. The van der Waals surface area contributed by atoms with Gasteiger partial charge in [0.15, 0.2) is 5.65 Å². The fraction of sp³-hybridized carbons (Fsp3) is 0.167. The highest BCUT2D eigenvalue weighted by Gasteiger charge is 2.16. The maximum Gasteiger partial charge on any atom is 0.261 e. The number of aromatic amines is 1. The van der Waals surface area contributed by atoms with Crippen LogP contribution in [0.25, 0.3) is 16.6 Å². The van der Waals surface area contributed by atoms with Crippen molar-refractivity contribution in [1.29, 1.82) is 0 Å². The van der Waals surface area contributed by atoms with E-state index in [4.69, 9.17) is 0 Å². The molecule has 0 fully saturated rings. The number of carbonyl (C=O) groups is 1. The number of aromatic nitrogens is 4. The highest BCUT2D eigenvalue weighted by atomic mass is 16.1. The first-order valence-corrected chi connectivity index (χ1v) is 7.74. The second-order valence-corrected chi connectivity index (χ2v) is 6.04. The van der Waals surface area contributed by atoms with E-state index in [0.29, 0.717) is 11.2 Å². The van der Waals surface area contributed by atoms with Gasteiger partial charge >= 0.3 is 0 Å². The number of nitrogens with zero attached hydrogens (tertiary/aromatic N) is 3. The van der Waals surface area contributed by atoms with E-state index in [-0.39, 0.29) is 5.91 Å². The molecule has 3 heterocycles. The van der Waals surface area contributed by atoms with E-state index >= 15 is 0 Å². The van der Waals surface area contributed by atoms with Crippen LogP contribution in [0.3, 0.4) is 0 Å². The van der Waals surface area contributed by atoms with Gasteiger partial charge in [-0.05, 0) is 51.1 Å². The molecule has 0 bridgehead atoms. The Morgan fingerprint density at radius 2 is 2.00 bits per heavy atom. The number of aryl methyl sites for hydroxylation is 3. The van der Waals surface area contributed by atoms with Crippen LogP contribution in [0, 0.1) is 20.8 Å². The van der Waals surface area contributed by atoms with Crippen molar-refractivity contribution in [3.63, 3.8) is 0 Å². The fourth-order valence-electron chi connectivity index (χ4n) is 2.98. The first kappa shape index (κ1) is 14.4. The largest absolute Gasteiger partial charge is 0.359 e. The summed E-state index contributed by atoms with van der Waals surface area (Å²) >= 11 is 0. The van der Waals surface area contributed by atoms with Crippen LogP contribution in [0.4, 0.5) is 5.69 Å². The van der Waals surface area contributed by atoms with E-state index in [2.05, 4.69) is 26.4 Å². The average molecular weight is 319 g/mol. The van der Waals surface area contributed by atoms with Gasteiger partial charge in [-0.2, -0.15) is 5.10 Å². The molecule has 1 amide bonds. The molecule has 0 unspecified atom stereocenters. The predicted molar refractivity (Wildman–Crippen MR) is 93.4 cm³/mol. The van der Waals surface area contributed by atoms with Crippen molar-refractivity contribution in [2.45, 2.75) is 20.8 Å². The van der Waals surface area contributed by atoms with Gasteiger partial charge in [0.1, 0.15) is 5.56 Å². The number of nitrogens with one attached hydrogen (secondary N) is 2. The molecule has 0 atom stereocenters. The summed E-state index contributed by atoms with van der Waals surface area (Å²) in [7, 11) is 0. The summed E-state index contributed by atoms with van der Waals surface area (Å²) in [5.74, 6) is -0.214. The third kappa shape index (κ3) is 2.32. The van der Waals surface area contributed by atoms with Gasteiger partial charge in [-0.25, -0.2) is 9.50 Å². The Labute approximate surface area is 138 Å². The molecule has 1 aromatic carbocycles. The minimum absolute atomic E-state index is 0.214. The van der Waals surface area contributed by atoms with Gasteiger partial charge in [-0.1, -0.05) is 0 Å². The second kappa shape index (κ2) is 5.19. The maximum atomic E-state index is 12.6. The molecule has 4 aromatic rings. The molecule has 4 rings (SSSR count). The summed E-state index contributed by atoms with van der Waals surface area (Å²) in [5.41, 5.74) is 5.73. The standard InChI is InChI=1S/C18H17N5O/c1-10-6-12(3)23-17(21-10)15(9-19-23)18(24)22-14-4-5-16-13(8-14)7-11(2)20-16/h4-9,20H,1-3H3,(H,22,24). The maximum absolute atomic E-state index is 12.6. The number of fused-ring (bicyclic) bond motifs is 2. The third-order valence-corrected chi connectivity index (χ3v) is 4.04. The van der Waals surface area contributed by atoms with Crippen molar-refractivity contribution in [1.82, 2.24) is 19.6 Å². The summed E-state index contributed by atoms with van der Waals surface area (Å²) in [5, 5.41) is 8.26. The molecule has 0 aliphatic carbocycles. The predicted octanol–water partition coefficient (Wildman–Crippen LogP) is 3.39. The molecular weight excluding hydrogens is 302 g/mol. The van der Waals surface area contributed by atoms with Crippen molar-refractivity contribution in [2.24, 2.45) is 0 Å². The molecule has 0 saturated heterocycles. The van der Waals surface area contributed by atoms with Crippen LogP contribution in [0.2, 0.25) is 0 Å². The Morgan fingerprint density at radius 1 is 1.17 bits per heavy atom. The highest BCUT2D eigenvalue weighted by molar-refractivity contribution is 6.08. The topological polar surface area (TPSA) is 75.1 Å². The van der Waals surface area contributed by atoms with Crippen molar-refractivity contribution in [2.75, 3.05) is 5.32 Å². The number of hydrogen-bond acceptors (Lipinski definition) is 3. The van der Waals surface area contributed by atoms with Gasteiger partial charge in [-0.3, -0.25) is 4.79 Å². The van der Waals surface area contributed by atoms with E-state index in [9.17, 15) is 4.79 Å². The van der Waals surface area contributed by atoms with Crippen LogP contribution < -0.4 is 5.32 Å². The fourth-order valence-corrected chi connectivity index (χ4v) is 2.98. The van der Waals surface area contributed by atoms with Gasteiger partial charge in [0, 0.05) is 33.7 Å². The molecule has 3 aromatic heterocycles. The Kier molecular flexibility index (Phi) is 3.13. The summed E-state index contributed by atoms with van der Waals surface area (Å²) in [6.07, 6.45) is 1.56.